The molecule has 0 saturated carbocycles. The van der Waals surface area contributed by atoms with Gasteiger partial charge in [0.05, 0.1) is 10.6 Å². The normalized spacial score (nSPS) is 12.0. The summed E-state index contributed by atoms with van der Waals surface area (Å²) < 4.78 is 28.9. The van der Waals surface area contributed by atoms with E-state index in [1.165, 1.54) is 17.0 Å². The van der Waals surface area contributed by atoms with Crippen LogP contribution in [0.4, 0.5) is 5.69 Å². The van der Waals surface area contributed by atoms with E-state index in [4.69, 9.17) is 0 Å². The minimum absolute atomic E-state index is 0.0946. The van der Waals surface area contributed by atoms with E-state index < -0.39 is 28.5 Å². The Bertz CT molecular complexity index is 1360. The van der Waals surface area contributed by atoms with E-state index in [2.05, 4.69) is 5.32 Å². The molecule has 0 unspecified atom stereocenters. The number of hydrogen-bond donors (Lipinski definition) is 1. The number of benzene rings is 3. The number of rotatable bonds is 14. The fourth-order valence-electron chi connectivity index (χ4n) is 4.54. The quantitative estimate of drug-likeness (QED) is 0.263. The van der Waals surface area contributed by atoms with Gasteiger partial charge in [0, 0.05) is 13.1 Å². The number of nitrogens with one attached hydrogen (secondary N) is 1. The highest BCUT2D eigenvalue weighted by Gasteiger charge is 2.33. The Labute approximate surface area is 239 Å². The van der Waals surface area contributed by atoms with Gasteiger partial charge >= 0.3 is 0 Å². The van der Waals surface area contributed by atoms with Crippen molar-refractivity contribution in [2.24, 2.45) is 0 Å². The molecule has 8 heteroatoms. The van der Waals surface area contributed by atoms with Crippen molar-refractivity contribution in [3.63, 3.8) is 0 Å². The van der Waals surface area contributed by atoms with Gasteiger partial charge in [-0.2, -0.15) is 0 Å². The Balaban J connectivity index is 2.03. The zero-order valence-electron chi connectivity index (χ0n) is 24.0. The molecular formula is C32H41N3O4S. The summed E-state index contributed by atoms with van der Waals surface area (Å²) in [6.07, 6.45) is 2.98. The molecule has 0 saturated heterocycles. The van der Waals surface area contributed by atoms with Crippen LogP contribution in [0, 0.1) is 6.92 Å². The van der Waals surface area contributed by atoms with Crippen LogP contribution in [0.2, 0.25) is 0 Å². The smallest absolute Gasteiger partial charge is 0.264 e. The molecule has 0 bridgehead atoms. The van der Waals surface area contributed by atoms with Crippen molar-refractivity contribution in [3.05, 3.63) is 95.6 Å². The van der Waals surface area contributed by atoms with Gasteiger partial charge in [0.15, 0.2) is 0 Å². The lowest BCUT2D eigenvalue weighted by atomic mass is 10.1. The topological polar surface area (TPSA) is 86.8 Å². The molecule has 0 aliphatic carbocycles. The maximum absolute atomic E-state index is 14.1. The first kappa shape index (κ1) is 30.9. The number of hydrogen-bond acceptors (Lipinski definition) is 4. The van der Waals surface area contributed by atoms with Gasteiger partial charge in [-0.25, -0.2) is 8.42 Å². The van der Waals surface area contributed by atoms with Crippen LogP contribution in [0.5, 0.6) is 0 Å². The zero-order valence-corrected chi connectivity index (χ0v) is 24.8. The summed E-state index contributed by atoms with van der Waals surface area (Å²) in [5.74, 6) is -0.678. The first-order chi connectivity index (χ1) is 19.2. The fraction of sp³-hybridized carbons (Fsp3) is 0.375. The van der Waals surface area contributed by atoms with Crippen molar-refractivity contribution >= 4 is 27.5 Å². The Morgan fingerprint density at radius 3 is 2.12 bits per heavy atom. The Morgan fingerprint density at radius 2 is 1.52 bits per heavy atom. The molecule has 3 rings (SSSR count). The number of unbranched alkanes of at least 4 members (excludes halogenated alkanes) is 1. The van der Waals surface area contributed by atoms with Gasteiger partial charge in [-0.05, 0) is 67.1 Å². The van der Waals surface area contributed by atoms with Gasteiger partial charge in [-0.1, -0.05) is 81.8 Å². The fourth-order valence-corrected chi connectivity index (χ4v) is 5.98. The maximum Gasteiger partial charge on any atom is 0.264 e. The first-order valence-corrected chi connectivity index (χ1v) is 15.4. The van der Waals surface area contributed by atoms with Crippen LogP contribution < -0.4 is 9.62 Å². The molecule has 0 aromatic heterocycles. The molecule has 40 heavy (non-hydrogen) atoms. The molecule has 214 valence electrons. The molecule has 3 aromatic rings. The minimum Gasteiger partial charge on any atom is -0.354 e. The van der Waals surface area contributed by atoms with Crippen molar-refractivity contribution in [2.75, 3.05) is 17.4 Å². The summed E-state index contributed by atoms with van der Waals surface area (Å²) in [5.41, 5.74) is 3.35. The van der Waals surface area contributed by atoms with Crippen molar-refractivity contribution < 1.29 is 18.0 Å². The van der Waals surface area contributed by atoms with Gasteiger partial charge in [0.25, 0.3) is 10.0 Å². The molecule has 0 heterocycles. The van der Waals surface area contributed by atoms with Crippen LogP contribution in [0.15, 0.2) is 83.8 Å². The van der Waals surface area contributed by atoms with Crippen molar-refractivity contribution in [1.82, 2.24) is 10.2 Å². The number of carbonyl (C=O) groups excluding carboxylic acids is 2. The van der Waals surface area contributed by atoms with Gasteiger partial charge in [0.2, 0.25) is 11.8 Å². The van der Waals surface area contributed by atoms with Crippen LogP contribution >= 0.6 is 0 Å². The molecule has 0 radical (unpaired) electrons. The van der Waals surface area contributed by atoms with Crippen molar-refractivity contribution in [1.29, 1.82) is 0 Å². The van der Waals surface area contributed by atoms with Gasteiger partial charge in [-0.15, -0.1) is 0 Å². The molecule has 1 atom stereocenters. The summed E-state index contributed by atoms with van der Waals surface area (Å²) in [4.78, 5) is 29.0. The highest BCUT2D eigenvalue weighted by Crippen LogP contribution is 2.25. The average molecular weight is 564 g/mol. The van der Waals surface area contributed by atoms with Gasteiger partial charge in [0.1, 0.15) is 12.6 Å². The van der Waals surface area contributed by atoms with Crippen LogP contribution in [0.25, 0.3) is 0 Å². The van der Waals surface area contributed by atoms with E-state index in [-0.39, 0.29) is 17.3 Å². The molecule has 0 aliphatic heterocycles. The van der Waals surface area contributed by atoms with E-state index in [0.29, 0.717) is 18.7 Å². The van der Waals surface area contributed by atoms with E-state index in [1.807, 2.05) is 64.1 Å². The average Bonchev–Trinajstić information content (AvgIpc) is 2.97. The van der Waals surface area contributed by atoms with Crippen LogP contribution in [0.1, 0.15) is 56.7 Å². The molecule has 0 aliphatic rings. The molecule has 1 N–H and O–H groups in total. The molecule has 2 amide bonds. The lowest BCUT2D eigenvalue weighted by Gasteiger charge is -2.33. The summed E-state index contributed by atoms with van der Waals surface area (Å²) in [6, 6.07) is 22.3. The van der Waals surface area contributed by atoms with Crippen molar-refractivity contribution in [3.8, 4) is 0 Å². The summed E-state index contributed by atoms with van der Waals surface area (Å²) in [5, 5.41) is 2.96. The van der Waals surface area contributed by atoms with E-state index >= 15 is 0 Å². The van der Waals surface area contributed by atoms with E-state index in [1.54, 1.807) is 30.3 Å². The van der Waals surface area contributed by atoms with Crippen LogP contribution in [-0.2, 0) is 32.6 Å². The third-order valence-electron chi connectivity index (χ3n) is 7.06. The van der Waals surface area contributed by atoms with E-state index in [9.17, 15) is 18.0 Å². The highest BCUT2D eigenvalue weighted by molar-refractivity contribution is 7.92. The number of aryl methyl sites for hydroxylation is 2. The SMILES string of the molecule is CCCCNC(=O)[C@H](CC)N(Cc1ccccc1C)C(=O)CN(c1ccc(CC)cc1)S(=O)(=O)c1ccccc1. The molecule has 7 nitrogen and oxygen atoms in total. The minimum atomic E-state index is -4.07. The second-order valence-corrected chi connectivity index (χ2v) is 11.7. The van der Waals surface area contributed by atoms with E-state index in [0.717, 1.165) is 40.3 Å². The molecule has 0 spiro atoms. The number of sulfonamides is 1. The summed E-state index contributed by atoms with van der Waals surface area (Å²) >= 11 is 0. The Hall–Kier alpha value is -3.65. The highest BCUT2D eigenvalue weighted by atomic mass is 32.2. The predicted molar refractivity (Wildman–Crippen MR) is 161 cm³/mol. The standard InChI is InChI=1S/C32H41N3O4S/c1-5-8-22-33-32(37)30(7-3)34(23-27-15-13-12-14-25(27)4)31(36)24-35(28-20-18-26(6-2)19-21-28)40(38,39)29-16-10-9-11-17-29/h9-21,30H,5-8,22-24H2,1-4H3,(H,33,37)/t30-/m0/s1. The third-order valence-corrected chi connectivity index (χ3v) is 8.85. The number of nitrogens with zero attached hydrogens (tertiary/aromatic N) is 2. The molecule has 0 fully saturated rings. The van der Waals surface area contributed by atoms with Crippen LogP contribution in [-0.4, -0.2) is 44.3 Å². The number of carbonyl (C=O) groups is 2. The largest absolute Gasteiger partial charge is 0.354 e. The lowest BCUT2D eigenvalue weighted by molar-refractivity contribution is -0.140. The predicted octanol–water partition coefficient (Wildman–Crippen LogP) is 5.48. The zero-order chi connectivity index (χ0) is 29.1. The maximum atomic E-state index is 14.1. The second-order valence-electron chi connectivity index (χ2n) is 9.86. The van der Waals surface area contributed by atoms with Crippen LogP contribution in [0.3, 0.4) is 0 Å². The second kappa shape index (κ2) is 14.7. The Morgan fingerprint density at radius 1 is 0.875 bits per heavy atom. The summed E-state index contributed by atoms with van der Waals surface area (Å²) in [7, 11) is -4.07. The van der Waals surface area contributed by atoms with Crippen molar-refractivity contribution in [2.45, 2.75) is 70.9 Å². The first-order valence-electron chi connectivity index (χ1n) is 14.0. The number of anilines is 1. The lowest BCUT2D eigenvalue weighted by Crippen LogP contribution is -2.52. The molecule has 3 aromatic carbocycles. The Kier molecular flexibility index (Phi) is 11.3. The molecular weight excluding hydrogens is 522 g/mol. The van der Waals surface area contributed by atoms with Gasteiger partial charge < -0.3 is 10.2 Å². The monoisotopic (exact) mass is 563 g/mol. The van der Waals surface area contributed by atoms with Gasteiger partial charge in [-0.3, -0.25) is 13.9 Å². The number of amides is 2. The third kappa shape index (κ3) is 7.72. The summed E-state index contributed by atoms with van der Waals surface area (Å²) in [6.45, 7) is 8.18.